The highest BCUT2D eigenvalue weighted by atomic mass is 35.5. The van der Waals surface area contributed by atoms with Crippen molar-refractivity contribution in [3.05, 3.63) is 23.8 Å². The zero-order valence-electron chi connectivity index (χ0n) is 9.99. The molecule has 1 saturated heterocycles. The van der Waals surface area contributed by atoms with Crippen LogP contribution in [0.4, 0.5) is 0 Å². The lowest BCUT2D eigenvalue weighted by atomic mass is 9.93. The molecule has 0 aliphatic carbocycles. The minimum absolute atomic E-state index is 0.394. The lowest BCUT2D eigenvalue weighted by molar-refractivity contribution is -0.117. The summed E-state index contributed by atoms with van der Waals surface area (Å²) in [5.74, 6) is 1.13. The first-order valence-electron chi connectivity index (χ1n) is 5.91. The minimum atomic E-state index is -0.394. The summed E-state index contributed by atoms with van der Waals surface area (Å²) in [7, 11) is 0. The van der Waals surface area contributed by atoms with Crippen molar-refractivity contribution in [1.29, 1.82) is 0 Å². The van der Waals surface area contributed by atoms with Crippen LogP contribution in [0.25, 0.3) is 0 Å². The number of nitrogens with zero attached hydrogens (tertiary/aromatic N) is 2. The van der Waals surface area contributed by atoms with Gasteiger partial charge in [0.25, 0.3) is 0 Å². The Morgan fingerprint density at radius 2 is 2.24 bits per heavy atom. The molecule has 1 aromatic heterocycles. The lowest BCUT2D eigenvalue weighted by Crippen LogP contribution is -2.38. The number of ether oxygens (including phenoxy) is 2. The van der Waals surface area contributed by atoms with Crippen molar-refractivity contribution in [2.75, 3.05) is 19.8 Å². The molecule has 0 bridgehead atoms. The standard InChI is InChI=1S/C12H17ClN2O2/c1-2-17-12(4-7-16-8-5-12)11-14-6-3-10(9-13)15-11/h3,6H,2,4-5,7-9H2,1H3. The van der Waals surface area contributed by atoms with Gasteiger partial charge in [0.2, 0.25) is 0 Å². The predicted octanol–water partition coefficient (Wildman–Crippen LogP) is 2.26. The molecule has 1 fully saturated rings. The quantitative estimate of drug-likeness (QED) is 0.775. The fraction of sp³-hybridized carbons (Fsp3) is 0.667. The molecule has 5 heteroatoms. The molecule has 2 rings (SSSR count). The summed E-state index contributed by atoms with van der Waals surface area (Å²) in [5.41, 5.74) is 0.442. The molecule has 94 valence electrons. The second kappa shape index (κ2) is 5.76. The van der Waals surface area contributed by atoms with E-state index >= 15 is 0 Å². The lowest BCUT2D eigenvalue weighted by Gasteiger charge is -2.35. The fourth-order valence-electron chi connectivity index (χ4n) is 2.10. The highest BCUT2D eigenvalue weighted by Gasteiger charge is 2.38. The largest absolute Gasteiger partial charge is 0.381 e. The second-order valence-corrected chi connectivity index (χ2v) is 4.31. The van der Waals surface area contributed by atoms with Crippen LogP contribution in [0.2, 0.25) is 0 Å². The smallest absolute Gasteiger partial charge is 0.160 e. The Kier molecular flexibility index (Phi) is 4.31. The third-order valence-corrected chi connectivity index (χ3v) is 3.25. The van der Waals surface area contributed by atoms with Gasteiger partial charge in [-0.2, -0.15) is 0 Å². The fourth-order valence-corrected chi connectivity index (χ4v) is 2.25. The van der Waals surface area contributed by atoms with Gasteiger partial charge in [-0.3, -0.25) is 0 Å². The van der Waals surface area contributed by atoms with E-state index in [0.29, 0.717) is 25.7 Å². The van der Waals surface area contributed by atoms with Crippen molar-refractivity contribution in [3.8, 4) is 0 Å². The van der Waals surface area contributed by atoms with Crippen molar-refractivity contribution in [2.24, 2.45) is 0 Å². The molecular formula is C12H17ClN2O2. The number of alkyl halides is 1. The number of halogens is 1. The molecule has 17 heavy (non-hydrogen) atoms. The van der Waals surface area contributed by atoms with E-state index in [2.05, 4.69) is 9.97 Å². The molecular weight excluding hydrogens is 240 g/mol. The monoisotopic (exact) mass is 256 g/mol. The molecule has 0 spiro atoms. The van der Waals surface area contributed by atoms with Crippen LogP contribution in [-0.2, 0) is 21.0 Å². The van der Waals surface area contributed by atoms with E-state index < -0.39 is 5.60 Å². The third kappa shape index (κ3) is 2.76. The maximum Gasteiger partial charge on any atom is 0.160 e. The van der Waals surface area contributed by atoms with Crippen LogP contribution in [0.15, 0.2) is 12.3 Å². The maximum absolute atomic E-state index is 5.91. The Morgan fingerprint density at radius 3 is 2.88 bits per heavy atom. The number of aromatic nitrogens is 2. The van der Waals surface area contributed by atoms with Crippen LogP contribution in [0, 0.1) is 0 Å². The zero-order chi connectivity index (χ0) is 12.1. The molecule has 0 saturated carbocycles. The minimum Gasteiger partial charge on any atom is -0.381 e. The van der Waals surface area contributed by atoms with Gasteiger partial charge in [-0.15, -0.1) is 11.6 Å². The average molecular weight is 257 g/mol. The van der Waals surface area contributed by atoms with Crippen molar-refractivity contribution in [1.82, 2.24) is 9.97 Å². The second-order valence-electron chi connectivity index (χ2n) is 4.04. The molecule has 1 aliphatic heterocycles. The van der Waals surface area contributed by atoms with Gasteiger partial charge in [0, 0.05) is 38.9 Å². The molecule has 1 aliphatic rings. The van der Waals surface area contributed by atoms with E-state index in [-0.39, 0.29) is 0 Å². The number of hydrogen-bond donors (Lipinski definition) is 0. The van der Waals surface area contributed by atoms with E-state index in [0.717, 1.165) is 24.4 Å². The van der Waals surface area contributed by atoms with Gasteiger partial charge < -0.3 is 9.47 Å². The molecule has 2 heterocycles. The van der Waals surface area contributed by atoms with Crippen molar-refractivity contribution < 1.29 is 9.47 Å². The summed E-state index contributed by atoms with van der Waals surface area (Å²) in [6.07, 6.45) is 3.34. The van der Waals surface area contributed by atoms with Crippen molar-refractivity contribution in [3.63, 3.8) is 0 Å². The van der Waals surface area contributed by atoms with E-state index in [9.17, 15) is 0 Å². The van der Waals surface area contributed by atoms with Crippen LogP contribution in [-0.4, -0.2) is 29.8 Å². The summed E-state index contributed by atoms with van der Waals surface area (Å²) in [6.45, 7) is 4.01. The van der Waals surface area contributed by atoms with E-state index in [1.165, 1.54) is 0 Å². The molecule has 4 nitrogen and oxygen atoms in total. The molecule has 0 atom stereocenters. The van der Waals surface area contributed by atoms with E-state index in [1.807, 2.05) is 13.0 Å². The van der Waals surface area contributed by atoms with Crippen LogP contribution < -0.4 is 0 Å². The summed E-state index contributed by atoms with van der Waals surface area (Å²) >= 11 is 5.80. The molecule has 0 N–H and O–H groups in total. The summed E-state index contributed by atoms with van der Waals surface area (Å²) in [4.78, 5) is 8.83. The van der Waals surface area contributed by atoms with Crippen molar-refractivity contribution in [2.45, 2.75) is 31.2 Å². The molecule has 0 radical (unpaired) electrons. The summed E-state index contributed by atoms with van der Waals surface area (Å²) < 4.78 is 11.3. The zero-order valence-corrected chi connectivity index (χ0v) is 10.7. The molecule has 0 aromatic carbocycles. The van der Waals surface area contributed by atoms with Crippen molar-refractivity contribution >= 4 is 11.6 Å². The topological polar surface area (TPSA) is 44.2 Å². The Balaban J connectivity index is 2.30. The first-order chi connectivity index (χ1) is 8.30. The highest BCUT2D eigenvalue weighted by Crippen LogP contribution is 2.33. The molecule has 0 amide bonds. The van der Waals surface area contributed by atoms with Gasteiger partial charge in [0.1, 0.15) is 5.60 Å². The first kappa shape index (κ1) is 12.7. The van der Waals surface area contributed by atoms with Crippen LogP contribution >= 0.6 is 11.6 Å². The predicted molar refractivity (Wildman–Crippen MR) is 64.9 cm³/mol. The van der Waals surface area contributed by atoms with Gasteiger partial charge in [0.05, 0.1) is 11.6 Å². The van der Waals surface area contributed by atoms with E-state index in [4.69, 9.17) is 21.1 Å². The van der Waals surface area contributed by atoms with Crippen LogP contribution in [0.1, 0.15) is 31.3 Å². The van der Waals surface area contributed by atoms with Crippen LogP contribution in [0.3, 0.4) is 0 Å². The van der Waals surface area contributed by atoms with Gasteiger partial charge >= 0.3 is 0 Å². The van der Waals surface area contributed by atoms with Gasteiger partial charge in [-0.1, -0.05) is 0 Å². The number of rotatable bonds is 4. The van der Waals surface area contributed by atoms with Crippen LogP contribution in [0.5, 0.6) is 0 Å². The Bertz CT molecular complexity index is 362. The summed E-state index contributed by atoms with van der Waals surface area (Å²) in [5, 5.41) is 0. The SMILES string of the molecule is CCOC1(c2nccc(CCl)n2)CCOCC1. The normalized spacial score (nSPS) is 19.2. The van der Waals surface area contributed by atoms with Gasteiger partial charge in [0.15, 0.2) is 5.82 Å². The average Bonchev–Trinajstić information content (AvgIpc) is 2.40. The Labute approximate surface area is 106 Å². The first-order valence-corrected chi connectivity index (χ1v) is 6.44. The molecule has 1 aromatic rings. The Morgan fingerprint density at radius 1 is 1.47 bits per heavy atom. The Hall–Kier alpha value is -0.710. The van der Waals surface area contributed by atoms with Gasteiger partial charge in [-0.25, -0.2) is 9.97 Å². The van der Waals surface area contributed by atoms with Gasteiger partial charge in [-0.05, 0) is 13.0 Å². The van der Waals surface area contributed by atoms with E-state index in [1.54, 1.807) is 6.20 Å². The number of hydrogen-bond acceptors (Lipinski definition) is 4. The highest BCUT2D eigenvalue weighted by molar-refractivity contribution is 6.16. The third-order valence-electron chi connectivity index (χ3n) is 2.98. The summed E-state index contributed by atoms with van der Waals surface area (Å²) in [6, 6.07) is 1.83. The molecule has 0 unspecified atom stereocenters. The maximum atomic E-state index is 5.91.